The molecule has 0 aliphatic heterocycles. The number of ether oxygens (including phenoxy) is 2. The average Bonchev–Trinajstić information content (AvgIpc) is 3.16. The van der Waals surface area contributed by atoms with Crippen molar-refractivity contribution >= 4 is 33.4 Å². The molecule has 1 N–H and O–H groups in total. The Morgan fingerprint density at radius 1 is 1.19 bits per heavy atom. The van der Waals surface area contributed by atoms with Crippen LogP contribution in [0.4, 0.5) is 4.39 Å². The lowest BCUT2D eigenvalue weighted by Crippen LogP contribution is -2.55. The molecule has 1 amide bonds. The van der Waals surface area contributed by atoms with Crippen molar-refractivity contribution in [1.29, 1.82) is 0 Å². The van der Waals surface area contributed by atoms with Crippen molar-refractivity contribution in [1.82, 2.24) is 14.5 Å². The maximum Gasteiger partial charge on any atom is 0.348 e. The van der Waals surface area contributed by atoms with Crippen molar-refractivity contribution in [3.05, 3.63) is 60.9 Å². The minimum atomic E-state index is -1.52. The van der Waals surface area contributed by atoms with Gasteiger partial charge in [0, 0.05) is 13.1 Å². The number of thiophene rings is 1. The fourth-order valence-corrected chi connectivity index (χ4v) is 5.29. The zero-order valence-electron chi connectivity index (χ0n) is 21.2. The number of carbonyl (C=O) groups is 2. The van der Waals surface area contributed by atoms with E-state index in [0.717, 1.165) is 15.9 Å². The van der Waals surface area contributed by atoms with Gasteiger partial charge in [0.1, 0.15) is 26.8 Å². The van der Waals surface area contributed by atoms with Crippen LogP contribution in [0, 0.1) is 12.7 Å². The van der Waals surface area contributed by atoms with Gasteiger partial charge in [-0.2, -0.15) is 0 Å². The van der Waals surface area contributed by atoms with Crippen LogP contribution in [0.2, 0.25) is 0 Å². The Labute approximate surface area is 211 Å². The van der Waals surface area contributed by atoms with Crippen molar-refractivity contribution in [2.24, 2.45) is 0 Å². The number of fused-ring (bicyclic) bond motifs is 1. The molecule has 9 nitrogen and oxygen atoms in total. The summed E-state index contributed by atoms with van der Waals surface area (Å²) in [4.78, 5) is 53.3. The molecule has 2 aromatic heterocycles. The summed E-state index contributed by atoms with van der Waals surface area (Å²) in [7, 11) is 1.46. The zero-order chi connectivity index (χ0) is 26.8. The molecular weight excluding hydrogens is 489 g/mol. The van der Waals surface area contributed by atoms with Crippen LogP contribution in [0.15, 0.2) is 27.8 Å². The molecule has 0 unspecified atom stereocenters. The van der Waals surface area contributed by atoms with E-state index in [-0.39, 0.29) is 34.7 Å². The van der Waals surface area contributed by atoms with Crippen LogP contribution >= 0.6 is 11.3 Å². The van der Waals surface area contributed by atoms with E-state index >= 15 is 0 Å². The number of nitrogens with zero attached hydrogens (tertiary/aromatic N) is 2. The number of aryl methyl sites for hydroxylation is 3. The lowest BCUT2D eigenvalue weighted by Gasteiger charge is -2.26. The first-order valence-electron chi connectivity index (χ1n) is 11.6. The fraction of sp³-hybridized carbons (Fsp3) is 0.440. The quantitative estimate of drug-likeness (QED) is 0.436. The topological polar surface area (TPSA) is 109 Å². The van der Waals surface area contributed by atoms with Gasteiger partial charge in [0.05, 0.1) is 19.1 Å². The van der Waals surface area contributed by atoms with Gasteiger partial charge in [-0.15, -0.1) is 11.3 Å². The van der Waals surface area contributed by atoms with Gasteiger partial charge in [0.2, 0.25) is 5.91 Å². The third-order valence-electron chi connectivity index (χ3n) is 5.97. The first-order valence-corrected chi connectivity index (χ1v) is 12.4. The van der Waals surface area contributed by atoms with Crippen LogP contribution < -0.4 is 21.3 Å². The summed E-state index contributed by atoms with van der Waals surface area (Å²) in [6.45, 7) is 8.50. The Morgan fingerprint density at radius 2 is 1.89 bits per heavy atom. The fourth-order valence-electron chi connectivity index (χ4n) is 4.08. The van der Waals surface area contributed by atoms with Gasteiger partial charge >= 0.3 is 11.7 Å². The summed E-state index contributed by atoms with van der Waals surface area (Å²) >= 11 is 0.982. The van der Waals surface area contributed by atoms with Gasteiger partial charge in [-0.1, -0.05) is 0 Å². The third-order valence-corrected chi connectivity index (χ3v) is 7.27. The number of amides is 1. The SMILES string of the molecule is CCNC(=O)C(C)(C)n1c(=O)c2c(C)c(C(=O)OCC)sc2n(CCc2cc(F)ccc2OC)c1=O. The number of rotatable bonds is 9. The second kappa shape index (κ2) is 10.7. The number of likely N-dealkylation sites (N-methyl/N-ethyl adjacent to an activating group) is 1. The highest BCUT2D eigenvalue weighted by Crippen LogP contribution is 2.30. The van der Waals surface area contributed by atoms with Gasteiger partial charge < -0.3 is 14.8 Å². The van der Waals surface area contributed by atoms with E-state index in [2.05, 4.69) is 5.32 Å². The van der Waals surface area contributed by atoms with Crippen molar-refractivity contribution in [2.75, 3.05) is 20.3 Å². The molecule has 0 radical (unpaired) electrons. The molecule has 36 heavy (non-hydrogen) atoms. The number of methoxy groups -OCH3 is 1. The van der Waals surface area contributed by atoms with E-state index in [4.69, 9.17) is 9.47 Å². The predicted octanol–water partition coefficient (Wildman–Crippen LogP) is 2.97. The van der Waals surface area contributed by atoms with Gasteiger partial charge in [-0.25, -0.2) is 18.5 Å². The third kappa shape index (κ3) is 4.79. The van der Waals surface area contributed by atoms with Gasteiger partial charge in [-0.05, 0) is 70.4 Å². The van der Waals surface area contributed by atoms with Crippen LogP contribution in [-0.2, 0) is 28.0 Å². The molecule has 0 saturated heterocycles. The summed E-state index contributed by atoms with van der Waals surface area (Å²) in [5.41, 5.74) is -2.01. The minimum absolute atomic E-state index is 0.0448. The predicted molar refractivity (Wildman–Crippen MR) is 136 cm³/mol. The number of benzene rings is 1. The van der Waals surface area contributed by atoms with Crippen LogP contribution in [0.5, 0.6) is 5.75 Å². The van der Waals surface area contributed by atoms with Crippen LogP contribution in [0.1, 0.15) is 48.5 Å². The molecule has 3 rings (SSSR count). The van der Waals surface area contributed by atoms with E-state index in [0.29, 0.717) is 23.4 Å². The number of hydrogen-bond donors (Lipinski definition) is 1. The number of nitrogens with one attached hydrogen (secondary N) is 1. The molecule has 0 fully saturated rings. The number of aromatic nitrogens is 2. The number of halogens is 1. The Hall–Kier alpha value is -3.47. The van der Waals surface area contributed by atoms with Crippen molar-refractivity contribution < 1.29 is 23.5 Å². The second-order valence-electron chi connectivity index (χ2n) is 8.66. The molecule has 2 heterocycles. The molecule has 11 heteroatoms. The number of carbonyl (C=O) groups excluding carboxylic acids is 2. The largest absolute Gasteiger partial charge is 0.496 e. The summed E-state index contributed by atoms with van der Waals surface area (Å²) < 4.78 is 26.7. The molecule has 0 spiro atoms. The van der Waals surface area contributed by atoms with E-state index < -0.39 is 34.5 Å². The van der Waals surface area contributed by atoms with E-state index in [1.165, 1.54) is 43.7 Å². The summed E-state index contributed by atoms with van der Waals surface area (Å²) in [6.07, 6.45) is 0.196. The number of hydrogen-bond acceptors (Lipinski definition) is 7. The van der Waals surface area contributed by atoms with Gasteiger partial charge in [-0.3, -0.25) is 14.2 Å². The smallest absolute Gasteiger partial charge is 0.348 e. The summed E-state index contributed by atoms with van der Waals surface area (Å²) in [5.74, 6) is -1.11. The highest BCUT2D eigenvalue weighted by Gasteiger charge is 2.35. The Bertz CT molecular complexity index is 1440. The lowest BCUT2D eigenvalue weighted by atomic mass is 10.0. The maximum absolute atomic E-state index is 13.9. The second-order valence-corrected chi connectivity index (χ2v) is 9.66. The maximum atomic E-state index is 13.9. The first kappa shape index (κ1) is 27.1. The Kier molecular flexibility index (Phi) is 8.02. The highest BCUT2D eigenvalue weighted by atomic mass is 32.1. The first-order chi connectivity index (χ1) is 17.0. The Balaban J connectivity index is 2.30. The molecule has 194 valence electrons. The summed E-state index contributed by atoms with van der Waals surface area (Å²) in [5, 5.41) is 2.82. The number of esters is 1. The molecule has 3 aromatic rings. The standard InChI is InChI=1S/C25H30FN3O6S/c1-7-27-23(32)25(4,5)29-20(30)18-14(3)19(22(31)35-8-2)36-21(18)28(24(29)33)12-11-15-13-16(26)9-10-17(15)34-6/h9-10,13H,7-8,11-12H2,1-6H3,(H,27,32). The van der Waals surface area contributed by atoms with Crippen molar-refractivity contribution in [2.45, 2.75) is 53.1 Å². The monoisotopic (exact) mass is 519 g/mol. The van der Waals surface area contributed by atoms with Gasteiger partial charge in [0.25, 0.3) is 5.56 Å². The Morgan fingerprint density at radius 3 is 2.50 bits per heavy atom. The van der Waals surface area contributed by atoms with E-state index in [9.17, 15) is 23.6 Å². The van der Waals surface area contributed by atoms with E-state index in [1.54, 1.807) is 20.8 Å². The molecule has 0 atom stereocenters. The highest BCUT2D eigenvalue weighted by molar-refractivity contribution is 7.20. The van der Waals surface area contributed by atoms with Crippen LogP contribution in [-0.4, -0.2) is 41.3 Å². The van der Waals surface area contributed by atoms with Gasteiger partial charge in [0.15, 0.2) is 0 Å². The normalized spacial score (nSPS) is 11.5. The molecule has 0 bridgehead atoms. The molecule has 0 saturated carbocycles. The molecule has 1 aromatic carbocycles. The molecular formula is C25H30FN3O6S. The van der Waals surface area contributed by atoms with Crippen LogP contribution in [0.3, 0.4) is 0 Å². The van der Waals surface area contributed by atoms with Crippen molar-refractivity contribution in [3.63, 3.8) is 0 Å². The van der Waals surface area contributed by atoms with Crippen LogP contribution in [0.25, 0.3) is 10.2 Å². The molecule has 0 aliphatic carbocycles. The lowest BCUT2D eigenvalue weighted by molar-refractivity contribution is -0.128. The minimum Gasteiger partial charge on any atom is -0.496 e. The van der Waals surface area contributed by atoms with Crippen molar-refractivity contribution in [3.8, 4) is 5.75 Å². The zero-order valence-corrected chi connectivity index (χ0v) is 22.0. The average molecular weight is 520 g/mol. The summed E-state index contributed by atoms with van der Waals surface area (Å²) in [6, 6.07) is 4.09. The van der Waals surface area contributed by atoms with E-state index in [1.807, 2.05) is 0 Å². The molecule has 0 aliphatic rings.